The lowest BCUT2D eigenvalue weighted by molar-refractivity contribution is -0.161. The average Bonchev–Trinajstić information content (AvgIpc) is 3.08. The van der Waals surface area contributed by atoms with Crippen molar-refractivity contribution in [3.05, 3.63) is 36.5 Å². The van der Waals surface area contributed by atoms with Crippen LogP contribution in [0.4, 0.5) is 0 Å². The van der Waals surface area contributed by atoms with Crippen LogP contribution >= 0.6 is 7.82 Å². The van der Waals surface area contributed by atoms with E-state index in [4.69, 9.17) is 19.3 Å². The van der Waals surface area contributed by atoms with Crippen LogP contribution < -0.4 is 0 Å². The Kier molecular flexibility index (Phi) is 35.8. The Balaban J connectivity index is 4.02. The number of carbonyl (C=O) groups excluding carboxylic acids is 2. The van der Waals surface area contributed by atoms with Gasteiger partial charge in [0.05, 0.1) is 6.61 Å². The normalized spacial score (nSPS) is 12.8. The standard InChI is InChI=1S/C41H75O8P/c1-3-5-7-9-11-13-15-17-19-20-22-23-25-27-29-31-33-35-40(42)47-37-39(38-48-50(44,45)46)49-41(43)36-34-32-30-28-26-24-21-18-16-14-12-10-8-6-4-2/h22-23,26-29,39H,3-21,24-25,30-38H2,1-2H3,(H2,44,45,46)/b23-22+,28-26+,29-27+/t39-/m1/s1. The van der Waals surface area contributed by atoms with Gasteiger partial charge >= 0.3 is 19.8 Å². The topological polar surface area (TPSA) is 119 Å². The third-order valence-electron chi connectivity index (χ3n) is 8.63. The molecule has 8 nitrogen and oxygen atoms in total. The molecule has 0 saturated heterocycles. The van der Waals surface area contributed by atoms with Crippen LogP contribution in [0.2, 0.25) is 0 Å². The summed E-state index contributed by atoms with van der Waals surface area (Å²) in [6.45, 7) is 3.63. The number of rotatable bonds is 37. The number of carbonyl (C=O) groups is 2. The van der Waals surface area contributed by atoms with Crippen molar-refractivity contribution >= 4 is 19.8 Å². The summed E-state index contributed by atoms with van der Waals surface area (Å²) < 4.78 is 26.3. The summed E-state index contributed by atoms with van der Waals surface area (Å²) in [5.74, 6) is -0.961. The lowest BCUT2D eigenvalue weighted by Gasteiger charge is -2.18. The van der Waals surface area contributed by atoms with Gasteiger partial charge < -0.3 is 19.3 Å². The molecule has 50 heavy (non-hydrogen) atoms. The summed E-state index contributed by atoms with van der Waals surface area (Å²) >= 11 is 0. The van der Waals surface area contributed by atoms with E-state index >= 15 is 0 Å². The van der Waals surface area contributed by atoms with Crippen LogP contribution in [0.15, 0.2) is 36.5 Å². The summed E-state index contributed by atoms with van der Waals surface area (Å²) in [6.07, 6.45) is 43.1. The molecule has 2 N–H and O–H groups in total. The molecule has 9 heteroatoms. The molecule has 0 aromatic rings. The van der Waals surface area contributed by atoms with E-state index < -0.39 is 32.5 Å². The molecule has 0 aromatic heterocycles. The molecule has 0 heterocycles. The van der Waals surface area contributed by atoms with Gasteiger partial charge in [-0.05, 0) is 64.2 Å². The van der Waals surface area contributed by atoms with Crippen molar-refractivity contribution in [2.24, 2.45) is 0 Å². The SMILES string of the molecule is CCCCCCCCCCC/C=C/C/C=C/CCCC(=O)OC[C@H](COP(=O)(O)O)OC(=O)CCCC/C=C/CCCCCCCCCCC. The van der Waals surface area contributed by atoms with Crippen LogP contribution in [0.5, 0.6) is 0 Å². The molecule has 1 atom stereocenters. The van der Waals surface area contributed by atoms with E-state index in [9.17, 15) is 14.2 Å². The number of esters is 2. The second-order valence-electron chi connectivity index (χ2n) is 13.6. The molecule has 0 aliphatic carbocycles. The lowest BCUT2D eigenvalue weighted by atomic mass is 10.1. The van der Waals surface area contributed by atoms with Crippen molar-refractivity contribution in [1.29, 1.82) is 0 Å². The Hall–Kier alpha value is -1.73. The van der Waals surface area contributed by atoms with Gasteiger partial charge in [-0.1, -0.05) is 153 Å². The predicted molar refractivity (Wildman–Crippen MR) is 207 cm³/mol. The predicted octanol–water partition coefficient (Wildman–Crippen LogP) is 12.2. The highest BCUT2D eigenvalue weighted by atomic mass is 31.2. The minimum absolute atomic E-state index is 0.174. The second kappa shape index (κ2) is 37.0. The third-order valence-corrected chi connectivity index (χ3v) is 9.12. The molecule has 0 spiro atoms. The van der Waals surface area contributed by atoms with E-state index in [1.54, 1.807) is 0 Å². The average molecular weight is 727 g/mol. The Morgan fingerprint density at radius 1 is 0.520 bits per heavy atom. The summed E-state index contributed by atoms with van der Waals surface area (Å²) in [4.78, 5) is 42.7. The van der Waals surface area contributed by atoms with Gasteiger partial charge in [0.2, 0.25) is 0 Å². The van der Waals surface area contributed by atoms with Gasteiger partial charge in [-0.2, -0.15) is 0 Å². The van der Waals surface area contributed by atoms with Crippen molar-refractivity contribution in [2.45, 2.75) is 200 Å². The summed E-state index contributed by atoms with van der Waals surface area (Å²) in [6, 6.07) is 0. The van der Waals surface area contributed by atoms with Crippen LogP contribution in [0.1, 0.15) is 194 Å². The highest BCUT2D eigenvalue weighted by molar-refractivity contribution is 7.46. The Labute approximate surface area is 306 Å². The molecule has 0 amide bonds. The minimum Gasteiger partial charge on any atom is -0.462 e. The second-order valence-corrected chi connectivity index (χ2v) is 14.8. The number of unbranched alkanes of at least 4 members (excludes halogenated alkanes) is 21. The van der Waals surface area contributed by atoms with Gasteiger partial charge in [0.15, 0.2) is 6.10 Å². The monoisotopic (exact) mass is 727 g/mol. The molecule has 0 radical (unpaired) electrons. The van der Waals surface area contributed by atoms with Crippen molar-refractivity contribution < 1.29 is 37.9 Å². The number of hydrogen-bond donors (Lipinski definition) is 2. The summed E-state index contributed by atoms with van der Waals surface area (Å²) in [7, 11) is -4.76. The Bertz CT molecular complexity index is 910. The van der Waals surface area contributed by atoms with Crippen molar-refractivity contribution in [2.75, 3.05) is 13.2 Å². The molecule has 0 saturated carbocycles. The number of ether oxygens (including phenoxy) is 2. The van der Waals surface area contributed by atoms with Crippen molar-refractivity contribution in [1.82, 2.24) is 0 Å². The fourth-order valence-electron chi connectivity index (χ4n) is 5.58. The van der Waals surface area contributed by atoms with Gasteiger partial charge in [-0.3, -0.25) is 14.1 Å². The van der Waals surface area contributed by atoms with Gasteiger partial charge in [-0.25, -0.2) is 4.57 Å². The zero-order valence-electron chi connectivity index (χ0n) is 32.0. The zero-order valence-corrected chi connectivity index (χ0v) is 32.9. The fourth-order valence-corrected chi connectivity index (χ4v) is 5.94. The maximum Gasteiger partial charge on any atom is 0.469 e. The first-order valence-electron chi connectivity index (χ1n) is 20.3. The van der Waals surface area contributed by atoms with Crippen molar-refractivity contribution in [3.63, 3.8) is 0 Å². The highest BCUT2D eigenvalue weighted by Gasteiger charge is 2.22. The maximum atomic E-state index is 12.4. The van der Waals surface area contributed by atoms with E-state index in [1.807, 2.05) is 0 Å². The van der Waals surface area contributed by atoms with Crippen LogP contribution in [-0.2, 0) is 28.2 Å². The van der Waals surface area contributed by atoms with Crippen LogP contribution in [0, 0.1) is 0 Å². The highest BCUT2D eigenvalue weighted by Crippen LogP contribution is 2.36. The Morgan fingerprint density at radius 3 is 1.40 bits per heavy atom. The molecule has 0 rings (SSSR count). The minimum atomic E-state index is -4.76. The summed E-state index contributed by atoms with van der Waals surface area (Å²) in [5, 5.41) is 0. The molecule has 0 bridgehead atoms. The van der Waals surface area contributed by atoms with Crippen molar-refractivity contribution in [3.8, 4) is 0 Å². The molecule has 0 aliphatic rings. The largest absolute Gasteiger partial charge is 0.469 e. The van der Waals surface area contributed by atoms with Gasteiger partial charge in [-0.15, -0.1) is 0 Å². The summed E-state index contributed by atoms with van der Waals surface area (Å²) in [5.41, 5.74) is 0. The third kappa shape index (κ3) is 39.1. The zero-order chi connectivity index (χ0) is 36.8. The van der Waals surface area contributed by atoms with Crippen LogP contribution in [-0.4, -0.2) is 41.0 Å². The number of phosphoric acid groups is 1. The van der Waals surface area contributed by atoms with E-state index in [0.29, 0.717) is 12.8 Å². The lowest BCUT2D eigenvalue weighted by Crippen LogP contribution is -2.29. The van der Waals surface area contributed by atoms with Gasteiger partial charge in [0.25, 0.3) is 0 Å². The Morgan fingerprint density at radius 2 is 0.920 bits per heavy atom. The maximum absolute atomic E-state index is 12.4. The number of hydrogen-bond acceptors (Lipinski definition) is 6. The molecule has 0 aromatic carbocycles. The van der Waals surface area contributed by atoms with Gasteiger partial charge in [0.1, 0.15) is 6.61 Å². The molecule has 0 unspecified atom stereocenters. The first-order chi connectivity index (χ1) is 24.3. The van der Waals surface area contributed by atoms with E-state index in [2.05, 4.69) is 54.8 Å². The van der Waals surface area contributed by atoms with Crippen LogP contribution in [0.3, 0.4) is 0 Å². The number of allylic oxidation sites excluding steroid dienone is 6. The molecule has 0 fully saturated rings. The smallest absolute Gasteiger partial charge is 0.462 e. The quantitative estimate of drug-likeness (QED) is 0.0281. The van der Waals surface area contributed by atoms with Crippen LogP contribution in [0.25, 0.3) is 0 Å². The molecular formula is C41H75O8P. The molecular weight excluding hydrogens is 651 g/mol. The molecule has 292 valence electrons. The van der Waals surface area contributed by atoms with E-state index in [-0.39, 0.29) is 19.4 Å². The van der Waals surface area contributed by atoms with Gasteiger partial charge in [0, 0.05) is 12.8 Å². The van der Waals surface area contributed by atoms with E-state index in [0.717, 1.165) is 38.5 Å². The molecule has 0 aliphatic heterocycles. The fraction of sp³-hybridized carbons (Fsp3) is 0.805. The first-order valence-corrected chi connectivity index (χ1v) is 21.8. The van der Waals surface area contributed by atoms with E-state index in [1.165, 1.54) is 116 Å². The first kappa shape index (κ1) is 48.3. The number of phosphoric ester groups is 1.